The highest BCUT2D eigenvalue weighted by molar-refractivity contribution is 5.89. The van der Waals surface area contributed by atoms with Crippen molar-refractivity contribution in [2.45, 2.75) is 26.8 Å². The minimum absolute atomic E-state index is 0.0762. The van der Waals surface area contributed by atoms with Crippen LogP contribution in [0, 0.1) is 12.8 Å². The average Bonchev–Trinajstić information content (AvgIpc) is 2.68. The highest BCUT2D eigenvalue weighted by Crippen LogP contribution is 2.23. The molecule has 0 saturated carbocycles. The van der Waals surface area contributed by atoms with Crippen LogP contribution in [0.15, 0.2) is 10.9 Å². The van der Waals surface area contributed by atoms with E-state index in [1.165, 1.54) is 6.33 Å². The number of rotatable bonds is 4. The van der Waals surface area contributed by atoms with E-state index in [-0.39, 0.29) is 5.92 Å². The van der Waals surface area contributed by atoms with Crippen LogP contribution in [0.1, 0.15) is 19.5 Å². The van der Waals surface area contributed by atoms with Crippen LogP contribution >= 0.6 is 0 Å². The smallest absolute Gasteiger partial charge is 0.326 e. The Morgan fingerprint density at radius 3 is 2.78 bits per heavy atom. The first-order valence-corrected chi connectivity index (χ1v) is 5.57. The van der Waals surface area contributed by atoms with Gasteiger partial charge in [-0.25, -0.2) is 9.78 Å². The molecule has 1 unspecified atom stereocenters. The Balaban J connectivity index is 2.42. The first-order valence-electron chi connectivity index (χ1n) is 5.57. The summed E-state index contributed by atoms with van der Waals surface area (Å²) in [5, 5.41) is 16.5. The number of aromatic nitrogens is 3. The van der Waals surface area contributed by atoms with E-state index >= 15 is 0 Å². The molecule has 0 aliphatic rings. The van der Waals surface area contributed by atoms with Crippen LogP contribution in [-0.2, 0) is 4.79 Å². The third kappa shape index (κ3) is 2.11. The number of aryl methyl sites for hydroxylation is 1. The molecule has 18 heavy (non-hydrogen) atoms. The molecule has 0 amide bonds. The number of carboxylic acids is 1. The fourth-order valence-electron chi connectivity index (χ4n) is 1.69. The van der Waals surface area contributed by atoms with Crippen LogP contribution in [-0.4, -0.2) is 32.2 Å². The molecule has 0 aliphatic carbocycles. The molecule has 0 saturated heterocycles. The van der Waals surface area contributed by atoms with Crippen molar-refractivity contribution in [3.63, 3.8) is 0 Å². The zero-order chi connectivity index (χ0) is 13.3. The standard InChI is InChI=1S/C11H14N4O3/c1-5(2)8(11(16)17)14-9-7-6(3)15-18-10(7)13-4-12-9/h4-5,8H,1-3H3,(H,16,17)(H,12,13,14). The van der Waals surface area contributed by atoms with Crippen LogP contribution in [0.3, 0.4) is 0 Å². The average molecular weight is 250 g/mol. The molecule has 7 nitrogen and oxygen atoms in total. The van der Waals surface area contributed by atoms with Crippen molar-refractivity contribution in [3.8, 4) is 0 Å². The largest absolute Gasteiger partial charge is 0.480 e. The van der Waals surface area contributed by atoms with Crippen molar-refractivity contribution in [2.75, 3.05) is 5.32 Å². The first kappa shape index (κ1) is 12.3. The molecule has 96 valence electrons. The Hall–Kier alpha value is -2.18. The molecule has 0 spiro atoms. The first-order chi connectivity index (χ1) is 8.50. The number of hydrogen-bond donors (Lipinski definition) is 2. The van der Waals surface area contributed by atoms with Crippen LogP contribution in [0.5, 0.6) is 0 Å². The van der Waals surface area contributed by atoms with Gasteiger partial charge in [0.2, 0.25) is 0 Å². The minimum atomic E-state index is -0.925. The second-order valence-electron chi connectivity index (χ2n) is 4.37. The summed E-state index contributed by atoms with van der Waals surface area (Å²) in [5.41, 5.74) is 0.971. The lowest BCUT2D eigenvalue weighted by molar-refractivity contribution is -0.138. The maximum Gasteiger partial charge on any atom is 0.326 e. The van der Waals surface area contributed by atoms with Gasteiger partial charge in [0.1, 0.15) is 23.6 Å². The van der Waals surface area contributed by atoms with E-state index < -0.39 is 12.0 Å². The van der Waals surface area contributed by atoms with Crippen LogP contribution < -0.4 is 5.32 Å². The summed E-state index contributed by atoms with van der Waals surface area (Å²) < 4.78 is 5.00. The minimum Gasteiger partial charge on any atom is -0.480 e. The Kier molecular flexibility index (Phi) is 3.14. The van der Waals surface area contributed by atoms with E-state index in [2.05, 4.69) is 20.4 Å². The van der Waals surface area contributed by atoms with Gasteiger partial charge in [0.05, 0.1) is 5.69 Å². The fourth-order valence-corrected chi connectivity index (χ4v) is 1.69. The molecule has 7 heteroatoms. The summed E-state index contributed by atoms with van der Waals surface area (Å²) in [6, 6.07) is -0.725. The lowest BCUT2D eigenvalue weighted by Crippen LogP contribution is -2.34. The summed E-state index contributed by atoms with van der Waals surface area (Å²) in [7, 11) is 0. The molecular weight excluding hydrogens is 236 g/mol. The normalized spacial score (nSPS) is 12.9. The van der Waals surface area contributed by atoms with Crippen molar-refractivity contribution in [1.29, 1.82) is 0 Å². The molecule has 0 aliphatic heterocycles. The summed E-state index contributed by atoms with van der Waals surface area (Å²) in [4.78, 5) is 19.2. The summed E-state index contributed by atoms with van der Waals surface area (Å²) >= 11 is 0. The maximum absolute atomic E-state index is 11.2. The van der Waals surface area contributed by atoms with Gasteiger partial charge < -0.3 is 14.9 Å². The highest BCUT2D eigenvalue weighted by atomic mass is 16.5. The number of anilines is 1. The number of nitrogens with one attached hydrogen (secondary N) is 1. The molecule has 0 bridgehead atoms. The number of hydrogen-bond acceptors (Lipinski definition) is 6. The Bertz CT molecular complexity index is 579. The summed E-state index contributed by atoms with van der Waals surface area (Å²) in [6.07, 6.45) is 1.31. The molecule has 2 aromatic rings. The Morgan fingerprint density at radius 1 is 1.44 bits per heavy atom. The van der Waals surface area contributed by atoms with Crippen molar-refractivity contribution < 1.29 is 14.4 Å². The molecule has 2 N–H and O–H groups in total. The molecule has 2 rings (SSSR count). The third-order valence-corrected chi connectivity index (χ3v) is 2.67. The topological polar surface area (TPSA) is 101 Å². The van der Waals surface area contributed by atoms with E-state index in [4.69, 9.17) is 9.63 Å². The SMILES string of the molecule is Cc1noc2ncnc(NC(C(=O)O)C(C)C)c12. The lowest BCUT2D eigenvalue weighted by Gasteiger charge is -2.18. The van der Waals surface area contributed by atoms with Gasteiger partial charge in [-0.1, -0.05) is 19.0 Å². The summed E-state index contributed by atoms with van der Waals surface area (Å²) in [5.74, 6) is -0.571. The molecule has 1 atom stereocenters. The zero-order valence-corrected chi connectivity index (χ0v) is 10.3. The van der Waals surface area contributed by atoms with Gasteiger partial charge in [0, 0.05) is 0 Å². The van der Waals surface area contributed by atoms with E-state index in [1.54, 1.807) is 6.92 Å². The quantitative estimate of drug-likeness (QED) is 0.846. The predicted octanol–water partition coefficient (Wildman–Crippen LogP) is 1.45. The Labute approximate surface area is 103 Å². The van der Waals surface area contributed by atoms with Gasteiger partial charge in [0.25, 0.3) is 5.71 Å². The van der Waals surface area contributed by atoms with E-state index in [1.807, 2.05) is 13.8 Å². The van der Waals surface area contributed by atoms with Gasteiger partial charge in [-0.05, 0) is 12.8 Å². The molecule has 2 heterocycles. The second kappa shape index (κ2) is 4.59. The van der Waals surface area contributed by atoms with E-state index in [9.17, 15) is 4.79 Å². The van der Waals surface area contributed by atoms with Gasteiger partial charge in [0.15, 0.2) is 0 Å². The molecule has 0 aromatic carbocycles. The van der Waals surface area contributed by atoms with Crippen molar-refractivity contribution in [3.05, 3.63) is 12.0 Å². The molecule has 0 fully saturated rings. The van der Waals surface area contributed by atoms with Crippen LogP contribution in [0.25, 0.3) is 11.1 Å². The highest BCUT2D eigenvalue weighted by Gasteiger charge is 2.23. The molecular formula is C11H14N4O3. The van der Waals surface area contributed by atoms with Gasteiger partial charge in [-0.2, -0.15) is 4.98 Å². The van der Waals surface area contributed by atoms with E-state index in [0.29, 0.717) is 22.6 Å². The number of carbonyl (C=O) groups is 1. The van der Waals surface area contributed by atoms with Gasteiger partial charge in [-0.3, -0.25) is 0 Å². The lowest BCUT2D eigenvalue weighted by atomic mass is 10.0. The number of fused-ring (bicyclic) bond motifs is 1. The monoisotopic (exact) mass is 250 g/mol. The molecule has 0 radical (unpaired) electrons. The number of aliphatic carboxylic acids is 1. The van der Waals surface area contributed by atoms with Gasteiger partial charge in [-0.15, -0.1) is 0 Å². The van der Waals surface area contributed by atoms with Gasteiger partial charge >= 0.3 is 5.97 Å². The fraction of sp³-hybridized carbons (Fsp3) is 0.455. The zero-order valence-electron chi connectivity index (χ0n) is 10.3. The van der Waals surface area contributed by atoms with Crippen molar-refractivity contribution in [2.24, 2.45) is 5.92 Å². The van der Waals surface area contributed by atoms with Crippen LogP contribution in [0.4, 0.5) is 5.82 Å². The summed E-state index contributed by atoms with van der Waals surface area (Å²) in [6.45, 7) is 5.40. The maximum atomic E-state index is 11.2. The van der Waals surface area contributed by atoms with Crippen molar-refractivity contribution >= 4 is 22.9 Å². The predicted molar refractivity (Wildman–Crippen MR) is 64.2 cm³/mol. The van der Waals surface area contributed by atoms with Crippen LogP contribution in [0.2, 0.25) is 0 Å². The Morgan fingerprint density at radius 2 is 2.17 bits per heavy atom. The third-order valence-electron chi connectivity index (χ3n) is 2.67. The second-order valence-corrected chi connectivity index (χ2v) is 4.37. The van der Waals surface area contributed by atoms with E-state index in [0.717, 1.165) is 0 Å². The number of nitrogens with zero attached hydrogens (tertiary/aromatic N) is 3. The molecule has 2 aromatic heterocycles. The van der Waals surface area contributed by atoms with Crippen molar-refractivity contribution in [1.82, 2.24) is 15.1 Å². The number of carboxylic acid groups (broad SMARTS) is 1.